The van der Waals surface area contributed by atoms with Crippen LogP contribution in [0.2, 0.25) is 0 Å². The van der Waals surface area contributed by atoms with Crippen LogP contribution in [0.1, 0.15) is 11.1 Å². The zero-order chi connectivity index (χ0) is 25.6. The molecular formula is C17H7F13N2O. The van der Waals surface area contributed by atoms with Crippen LogP contribution >= 0.6 is 0 Å². The van der Waals surface area contributed by atoms with Gasteiger partial charge in [0.2, 0.25) is 0 Å². The minimum atomic E-state index is -6.41. The molecule has 2 aromatic carbocycles. The van der Waals surface area contributed by atoms with E-state index in [0.29, 0.717) is 0 Å². The largest absolute Gasteiger partial charge is 0.458 e. The molecule has 33 heavy (non-hydrogen) atoms. The normalized spacial score (nSPS) is 13.1. The predicted molar refractivity (Wildman–Crippen MR) is 85.3 cm³/mol. The Bertz CT molecular complexity index is 993. The first-order valence-corrected chi connectivity index (χ1v) is 8.05. The van der Waals surface area contributed by atoms with Crippen LogP contribution in [0.25, 0.3) is 0 Å². The van der Waals surface area contributed by atoms with Gasteiger partial charge in [0.05, 0.1) is 0 Å². The lowest BCUT2D eigenvalue weighted by atomic mass is 9.99. The molecule has 0 bridgehead atoms. The molecular weight excluding hydrogens is 495 g/mol. The number of hydrogen-bond acceptors (Lipinski definition) is 1. The fourth-order valence-corrected chi connectivity index (χ4v) is 2.31. The number of carbonyl (C=O) groups excluding carboxylic acids is 1. The maximum Gasteiger partial charge on any atom is 0.458 e. The zero-order valence-corrected chi connectivity index (χ0v) is 15.2. The Balaban J connectivity index is 2.50. The van der Waals surface area contributed by atoms with Gasteiger partial charge in [-0.3, -0.25) is 0 Å². The van der Waals surface area contributed by atoms with Crippen LogP contribution in [-0.4, -0.2) is 18.4 Å². The number of rotatable bonds is 4. The lowest BCUT2D eigenvalue weighted by Gasteiger charge is -2.25. The summed E-state index contributed by atoms with van der Waals surface area (Å²) in [6.07, 6.45) is -12.8. The van der Waals surface area contributed by atoms with Gasteiger partial charge in [0.15, 0.2) is 17.5 Å². The summed E-state index contributed by atoms with van der Waals surface area (Å²) < 4.78 is 169. The Kier molecular flexibility index (Phi) is 6.55. The molecule has 0 aliphatic rings. The molecule has 0 fully saturated rings. The van der Waals surface area contributed by atoms with Gasteiger partial charge in [-0.25, -0.2) is 18.0 Å². The lowest BCUT2D eigenvalue weighted by molar-refractivity contribution is -0.292. The van der Waals surface area contributed by atoms with Gasteiger partial charge < -0.3 is 10.6 Å². The van der Waals surface area contributed by atoms with Crippen LogP contribution in [0, 0.1) is 17.5 Å². The Morgan fingerprint density at radius 2 is 0.909 bits per heavy atom. The number of alkyl halides is 10. The van der Waals surface area contributed by atoms with E-state index in [1.165, 1.54) is 5.32 Å². The fraction of sp³-hybridized carbons (Fsp3) is 0.235. The summed E-state index contributed by atoms with van der Waals surface area (Å²) in [6.45, 7) is 0. The molecule has 0 aliphatic heterocycles. The summed E-state index contributed by atoms with van der Waals surface area (Å²) in [5.74, 6) is -17.4. The van der Waals surface area contributed by atoms with E-state index in [2.05, 4.69) is 0 Å². The standard InChI is InChI=1S/C17H7F13N2O/c18-10-4-9(5-11(19)12(10)20)32-13(33)31-8-2-6(14(21,22)16(25,26)27)1-7(3-8)15(23,24)17(28,29)30/h1-5H,(H2,31,32,33). The molecule has 3 nitrogen and oxygen atoms in total. The monoisotopic (exact) mass is 502 g/mol. The van der Waals surface area contributed by atoms with Crippen molar-refractivity contribution in [3.05, 3.63) is 58.9 Å². The van der Waals surface area contributed by atoms with Gasteiger partial charge in [-0.2, -0.15) is 43.9 Å². The smallest absolute Gasteiger partial charge is 0.308 e. The van der Waals surface area contributed by atoms with Crippen molar-refractivity contribution in [2.45, 2.75) is 24.2 Å². The van der Waals surface area contributed by atoms with E-state index >= 15 is 0 Å². The molecule has 0 atom stereocenters. The summed E-state index contributed by atoms with van der Waals surface area (Å²) in [5, 5.41) is 2.94. The average Bonchev–Trinajstić information content (AvgIpc) is 2.63. The number of carbonyl (C=O) groups is 1. The van der Waals surface area contributed by atoms with Gasteiger partial charge in [0.25, 0.3) is 0 Å². The maximum atomic E-state index is 13.6. The van der Waals surface area contributed by atoms with Gasteiger partial charge in [0, 0.05) is 34.6 Å². The van der Waals surface area contributed by atoms with E-state index < -0.39 is 76.2 Å². The number of amides is 2. The first-order chi connectivity index (χ1) is 14.8. The summed E-state index contributed by atoms with van der Waals surface area (Å²) in [6, 6.07) is -2.54. The van der Waals surface area contributed by atoms with Crippen LogP contribution in [0.5, 0.6) is 0 Å². The number of hydrogen-bond donors (Lipinski definition) is 2. The van der Waals surface area contributed by atoms with Crippen LogP contribution in [-0.2, 0) is 11.8 Å². The van der Waals surface area contributed by atoms with Gasteiger partial charge in [-0.15, -0.1) is 0 Å². The number of urea groups is 1. The molecule has 2 rings (SSSR count). The number of nitrogens with one attached hydrogen (secondary N) is 2. The molecule has 0 saturated heterocycles. The molecule has 0 heterocycles. The molecule has 0 aliphatic carbocycles. The third-order valence-electron chi connectivity index (χ3n) is 3.87. The van der Waals surface area contributed by atoms with E-state index in [9.17, 15) is 61.9 Å². The molecule has 182 valence electrons. The van der Waals surface area contributed by atoms with Crippen molar-refractivity contribution < 1.29 is 61.9 Å². The quantitative estimate of drug-likeness (QED) is 0.341. The summed E-state index contributed by atoms with van der Waals surface area (Å²) in [4.78, 5) is 11.8. The van der Waals surface area contributed by atoms with Crippen LogP contribution in [0.3, 0.4) is 0 Å². The first kappa shape index (κ1) is 26.1. The van der Waals surface area contributed by atoms with Crippen LogP contribution in [0.15, 0.2) is 30.3 Å². The molecule has 0 unspecified atom stereocenters. The van der Waals surface area contributed by atoms with Crippen molar-refractivity contribution in [2.75, 3.05) is 10.6 Å². The predicted octanol–water partition coefficient (Wildman–Crippen LogP) is 7.06. The third kappa shape index (κ3) is 5.24. The number of anilines is 2. The molecule has 0 saturated carbocycles. The highest BCUT2D eigenvalue weighted by Crippen LogP contribution is 2.49. The molecule has 0 radical (unpaired) electrons. The van der Waals surface area contributed by atoms with Crippen molar-refractivity contribution in [3.8, 4) is 0 Å². The Labute approximate surface area is 174 Å². The second-order valence-electron chi connectivity index (χ2n) is 6.28. The zero-order valence-electron chi connectivity index (χ0n) is 15.2. The minimum absolute atomic E-state index is 0.204. The SMILES string of the molecule is O=C(Nc1cc(C(F)(F)C(F)(F)F)cc(C(F)(F)C(F)(F)F)c1)Nc1cc(F)c(F)c(F)c1. The Morgan fingerprint density at radius 1 is 0.576 bits per heavy atom. The molecule has 2 aromatic rings. The van der Waals surface area contributed by atoms with E-state index in [1.54, 1.807) is 5.32 Å². The number of halogens is 13. The summed E-state index contributed by atoms with van der Waals surface area (Å²) in [5.41, 5.74) is -6.96. The van der Waals surface area contributed by atoms with Crippen molar-refractivity contribution in [3.63, 3.8) is 0 Å². The highest BCUT2D eigenvalue weighted by molar-refractivity contribution is 5.99. The molecule has 0 spiro atoms. The van der Waals surface area contributed by atoms with E-state index in [4.69, 9.17) is 0 Å². The summed E-state index contributed by atoms with van der Waals surface area (Å²) in [7, 11) is 0. The van der Waals surface area contributed by atoms with Crippen molar-refractivity contribution in [1.29, 1.82) is 0 Å². The molecule has 0 aromatic heterocycles. The van der Waals surface area contributed by atoms with Crippen LogP contribution < -0.4 is 10.6 Å². The Hall–Kier alpha value is -3.20. The molecule has 2 amide bonds. The van der Waals surface area contributed by atoms with E-state index in [0.717, 1.165) is 0 Å². The van der Waals surface area contributed by atoms with Gasteiger partial charge in [-0.1, -0.05) is 0 Å². The lowest BCUT2D eigenvalue weighted by Crippen LogP contribution is -2.36. The van der Waals surface area contributed by atoms with E-state index in [-0.39, 0.29) is 24.3 Å². The van der Waals surface area contributed by atoms with Crippen molar-refractivity contribution >= 4 is 17.4 Å². The topological polar surface area (TPSA) is 41.1 Å². The van der Waals surface area contributed by atoms with Crippen LogP contribution in [0.4, 0.5) is 73.2 Å². The van der Waals surface area contributed by atoms with Gasteiger partial charge in [-0.05, 0) is 18.2 Å². The molecule has 16 heteroatoms. The minimum Gasteiger partial charge on any atom is -0.308 e. The first-order valence-electron chi connectivity index (χ1n) is 8.05. The van der Waals surface area contributed by atoms with Gasteiger partial charge >= 0.3 is 30.2 Å². The average molecular weight is 502 g/mol. The highest BCUT2D eigenvalue weighted by atomic mass is 19.4. The second kappa shape index (κ2) is 8.30. The maximum absolute atomic E-state index is 13.6. The fourth-order valence-electron chi connectivity index (χ4n) is 2.31. The second-order valence-corrected chi connectivity index (χ2v) is 6.28. The highest BCUT2D eigenvalue weighted by Gasteiger charge is 2.62. The number of benzene rings is 2. The summed E-state index contributed by atoms with van der Waals surface area (Å²) >= 11 is 0. The third-order valence-corrected chi connectivity index (χ3v) is 3.87. The molecule has 2 N–H and O–H groups in total. The van der Waals surface area contributed by atoms with Crippen molar-refractivity contribution in [2.24, 2.45) is 0 Å². The van der Waals surface area contributed by atoms with Gasteiger partial charge in [0.1, 0.15) is 0 Å². The Morgan fingerprint density at radius 3 is 1.24 bits per heavy atom. The van der Waals surface area contributed by atoms with Crippen molar-refractivity contribution in [1.82, 2.24) is 0 Å². The van der Waals surface area contributed by atoms with E-state index in [1.807, 2.05) is 0 Å².